The van der Waals surface area contributed by atoms with E-state index in [1.807, 2.05) is 0 Å². The summed E-state index contributed by atoms with van der Waals surface area (Å²) < 4.78 is 0. The summed E-state index contributed by atoms with van der Waals surface area (Å²) in [5.41, 5.74) is 0. The summed E-state index contributed by atoms with van der Waals surface area (Å²) in [5, 5.41) is 9.39. The molecule has 2 atom stereocenters. The van der Waals surface area contributed by atoms with Crippen molar-refractivity contribution in [3.8, 4) is 0 Å². The third kappa shape index (κ3) is 3.43. The minimum absolute atomic E-state index is 0.155. The molecule has 0 aliphatic rings. The normalized spacial score (nSPS) is 18.0. The van der Waals surface area contributed by atoms with Gasteiger partial charge in [0, 0.05) is 10.2 Å². The molecule has 0 rings (SSSR count). The highest BCUT2D eigenvalue weighted by Gasteiger charge is 2.11. The van der Waals surface area contributed by atoms with Gasteiger partial charge in [-0.2, -0.15) is 0 Å². The van der Waals surface area contributed by atoms with E-state index >= 15 is 0 Å². The number of rotatable bonds is 3. The van der Waals surface area contributed by atoms with Crippen LogP contribution in [0.5, 0.6) is 0 Å². The van der Waals surface area contributed by atoms with Crippen molar-refractivity contribution in [2.75, 3.05) is 11.9 Å². The Morgan fingerprint density at radius 3 is 1.88 bits per heavy atom. The molecule has 50 valence electrons. The maximum atomic E-state index is 8.54. The average Bonchev–Trinajstić information content (AvgIpc) is 1.84. The van der Waals surface area contributed by atoms with E-state index in [2.05, 4.69) is 47.8 Å². The summed E-state index contributed by atoms with van der Waals surface area (Å²) in [6.45, 7) is 0.168. The fourth-order valence-corrected chi connectivity index (χ4v) is 1.52. The van der Waals surface area contributed by atoms with Crippen molar-refractivity contribution in [1.29, 1.82) is 0 Å². The zero-order chi connectivity index (χ0) is 6.57. The minimum Gasteiger partial charge on any atom is -0.395 e. The Balaban J connectivity index is 3.29. The van der Waals surface area contributed by atoms with E-state index in [0.29, 0.717) is 4.83 Å². The Morgan fingerprint density at radius 1 is 1.25 bits per heavy atom. The molecule has 0 spiro atoms. The molecule has 0 saturated carbocycles. The first-order valence-electron chi connectivity index (χ1n) is 2.17. The number of aliphatic hydroxyl groups excluding tert-OH is 1. The molecule has 0 aliphatic carbocycles. The second-order valence-electron chi connectivity index (χ2n) is 1.37. The van der Waals surface area contributed by atoms with Crippen LogP contribution in [0.25, 0.3) is 0 Å². The van der Waals surface area contributed by atoms with Crippen LogP contribution in [0.1, 0.15) is 0 Å². The van der Waals surface area contributed by atoms with E-state index in [9.17, 15) is 0 Å². The maximum absolute atomic E-state index is 8.54. The first-order chi connectivity index (χ1) is 3.72. The molecule has 4 heteroatoms. The highest BCUT2D eigenvalue weighted by atomic mass is 79.9. The molecule has 1 nitrogen and oxygen atoms in total. The van der Waals surface area contributed by atoms with Gasteiger partial charge in [-0.25, -0.2) is 0 Å². The standard InChI is InChI=1S/C4H7Br3O/c5-1-3(6)4(7)2-8/h3-4,8H,1-2H2. The fraction of sp³-hybridized carbons (Fsp3) is 1.00. The summed E-state index contributed by atoms with van der Waals surface area (Å²) >= 11 is 9.89. The molecule has 0 saturated heterocycles. The first kappa shape index (κ1) is 9.40. The van der Waals surface area contributed by atoms with E-state index in [0.717, 1.165) is 5.33 Å². The zero-order valence-corrected chi connectivity index (χ0v) is 8.91. The van der Waals surface area contributed by atoms with E-state index in [4.69, 9.17) is 5.11 Å². The molecule has 0 amide bonds. The Labute approximate surface area is 74.2 Å². The molecule has 0 radical (unpaired) electrons. The fourth-order valence-electron chi connectivity index (χ4n) is 0.211. The highest BCUT2D eigenvalue weighted by Crippen LogP contribution is 2.15. The van der Waals surface area contributed by atoms with Crippen molar-refractivity contribution in [2.24, 2.45) is 0 Å². The smallest absolute Gasteiger partial charge is 0.0567 e. The van der Waals surface area contributed by atoms with Crippen molar-refractivity contribution in [2.45, 2.75) is 9.65 Å². The van der Waals surface area contributed by atoms with Crippen LogP contribution in [0.2, 0.25) is 0 Å². The molecule has 0 aromatic heterocycles. The monoisotopic (exact) mass is 308 g/mol. The maximum Gasteiger partial charge on any atom is 0.0567 e. The minimum atomic E-state index is 0.155. The highest BCUT2D eigenvalue weighted by molar-refractivity contribution is 9.13. The van der Waals surface area contributed by atoms with E-state index in [-0.39, 0.29) is 11.4 Å². The molecule has 0 heterocycles. The molecule has 0 aromatic rings. The van der Waals surface area contributed by atoms with Gasteiger partial charge in [0.15, 0.2) is 0 Å². The van der Waals surface area contributed by atoms with E-state index in [1.165, 1.54) is 0 Å². The van der Waals surface area contributed by atoms with Crippen molar-refractivity contribution in [1.82, 2.24) is 0 Å². The van der Waals surface area contributed by atoms with Gasteiger partial charge in [0.05, 0.1) is 11.4 Å². The topological polar surface area (TPSA) is 20.2 Å². The van der Waals surface area contributed by atoms with Crippen LogP contribution < -0.4 is 0 Å². The SMILES string of the molecule is OCC(Br)C(Br)CBr. The molecule has 0 fully saturated rings. The van der Waals surface area contributed by atoms with Gasteiger partial charge in [0.25, 0.3) is 0 Å². The van der Waals surface area contributed by atoms with Gasteiger partial charge in [-0.1, -0.05) is 47.8 Å². The quantitative estimate of drug-likeness (QED) is 0.790. The number of aliphatic hydroxyl groups is 1. The van der Waals surface area contributed by atoms with Crippen LogP contribution in [0.3, 0.4) is 0 Å². The third-order valence-electron chi connectivity index (χ3n) is 0.714. The second-order valence-corrected chi connectivity index (χ2v) is 4.37. The molecule has 1 N–H and O–H groups in total. The number of alkyl halides is 3. The average molecular weight is 311 g/mol. The molecular weight excluding hydrogens is 304 g/mol. The van der Waals surface area contributed by atoms with Crippen LogP contribution in [0.15, 0.2) is 0 Å². The van der Waals surface area contributed by atoms with Crippen molar-refractivity contribution in [3.05, 3.63) is 0 Å². The van der Waals surface area contributed by atoms with Crippen LogP contribution >= 0.6 is 47.8 Å². The molecule has 0 aromatic carbocycles. The lowest BCUT2D eigenvalue weighted by atomic mass is 10.4. The first-order valence-corrected chi connectivity index (χ1v) is 5.12. The Kier molecular flexibility index (Phi) is 6.12. The van der Waals surface area contributed by atoms with Gasteiger partial charge in [0.2, 0.25) is 0 Å². The lowest BCUT2D eigenvalue weighted by molar-refractivity contribution is 0.297. The van der Waals surface area contributed by atoms with Crippen molar-refractivity contribution < 1.29 is 5.11 Å². The van der Waals surface area contributed by atoms with Gasteiger partial charge in [-0.15, -0.1) is 0 Å². The molecule has 8 heavy (non-hydrogen) atoms. The Morgan fingerprint density at radius 2 is 1.75 bits per heavy atom. The number of hydrogen-bond acceptors (Lipinski definition) is 1. The van der Waals surface area contributed by atoms with Crippen molar-refractivity contribution >= 4 is 47.8 Å². The molecule has 2 unspecified atom stereocenters. The van der Waals surface area contributed by atoms with Crippen molar-refractivity contribution in [3.63, 3.8) is 0 Å². The third-order valence-corrected chi connectivity index (χ3v) is 4.88. The number of halogens is 3. The molecule has 0 aliphatic heterocycles. The summed E-state index contributed by atoms with van der Waals surface area (Å²) in [6, 6.07) is 0. The zero-order valence-electron chi connectivity index (χ0n) is 4.15. The van der Waals surface area contributed by atoms with Gasteiger partial charge < -0.3 is 5.11 Å². The van der Waals surface area contributed by atoms with Gasteiger partial charge in [-0.3, -0.25) is 0 Å². The van der Waals surface area contributed by atoms with Gasteiger partial charge in [-0.05, 0) is 0 Å². The van der Waals surface area contributed by atoms with Crippen LogP contribution in [0, 0.1) is 0 Å². The lowest BCUT2D eigenvalue weighted by Gasteiger charge is -2.09. The predicted octanol–water partition coefficient (Wildman–Crippen LogP) is 1.90. The summed E-state index contributed by atoms with van der Waals surface area (Å²) in [7, 11) is 0. The number of hydrogen-bond donors (Lipinski definition) is 1. The summed E-state index contributed by atoms with van der Waals surface area (Å²) in [5.74, 6) is 0. The lowest BCUT2D eigenvalue weighted by Crippen LogP contribution is -2.18. The van der Waals surface area contributed by atoms with Crippen LogP contribution in [-0.4, -0.2) is 26.7 Å². The predicted molar refractivity (Wildman–Crippen MR) is 46.3 cm³/mol. The molecule has 0 bridgehead atoms. The van der Waals surface area contributed by atoms with E-state index < -0.39 is 0 Å². The summed E-state index contributed by atoms with van der Waals surface area (Å²) in [6.07, 6.45) is 0. The Bertz CT molecular complexity index is 51.2. The van der Waals surface area contributed by atoms with Crippen LogP contribution in [-0.2, 0) is 0 Å². The van der Waals surface area contributed by atoms with Gasteiger partial charge >= 0.3 is 0 Å². The van der Waals surface area contributed by atoms with Gasteiger partial charge in [0.1, 0.15) is 0 Å². The summed E-state index contributed by atoms with van der Waals surface area (Å²) in [4.78, 5) is 0.467. The van der Waals surface area contributed by atoms with E-state index in [1.54, 1.807) is 0 Å². The van der Waals surface area contributed by atoms with Crippen LogP contribution in [0.4, 0.5) is 0 Å². The largest absolute Gasteiger partial charge is 0.395 e. The molecular formula is C4H7Br3O. The Hall–Kier alpha value is 1.40. The second kappa shape index (κ2) is 5.21.